The van der Waals surface area contributed by atoms with Crippen molar-refractivity contribution < 1.29 is 4.79 Å². The molecule has 3 nitrogen and oxygen atoms in total. The highest BCUT2D eigenvalue weighted by atomic mass is 35.5. The third kappa shape index (κ3) is 4.68. The van der Waals surface area contributed by atoms with Crippen molar-refractivity contribution in [2.75, 3.05) is 0 Å². The Labute approximate surface area is 157 Å². The number of halogens is 1. The first-order chi connectivity index (χ1) is 12.6. The van der Waals surface area contributed by atoms with Gasteiger partial charge in [0, 0.05) is 10.6 Å². The lowest BCUT2D eigenvalue weighted by Crippen LogP contribution is -2.06. The Morgan fingerprint density at radius 1 is 0.808 bits per heavy atom. The quantitative estimate of drug-likeness (QED) is 0.370. The normalized spacial score (nSPS) is 11.7. The molecule has 4 heteroatoms. The summed E-state index contributed by atoms with van der Waals surface area (Å²) >= 11 is 5.85. The molecule has 0 aliphatic rings. The topological polar surface area (TPSA) is 55.5 Å². The molecule has 26 heavy (non-hydrogen) atoms. The van der Waals surface area contributed by atoms with Gasteiger partial charge in [0.15, 0.2) is 0 Å². The molecule has 0 aliphatic carbocycles. The summed E-state index contributed by atoms with van der Waals surface area (Å²) in [6, 6.07) is 22.7. The maximum Gasteiger partial charge on any atom is 0.150 e. The van der Waals surface area contributed by atoms with Crippen LogP contribution in [0, 0.1) is 0 Å². The smallest absolute Gasteiger partial charge is 0.150 e. The lowest BCUT2D eigenvalue weighted by molar-refractivity contribution is 0.112. The van der Waals surface area contributed by atoms with E-state index < -0.39 is 0 Å². The van der Waals surface area contributed by atoms with Gasteiger partial charge in [0.25, 0.3) is 0 Å². The molecule has 0 aliphatic heterocycles. The maximum atomic E-state index is 10.7. The second-order valence-electron chi connectivity index (χ2n) is 5.71. The van der Waals surface area contributed by atoms with Gasteiger partial charge in [-0.05, 0) is 47.0 Å². The highest BCUT2D eigenvalue weighted by Gasteiger charge is 1.98. The van der Waals surface area contributed by atoms with Crippen molar-refractivity contribution >= 4 is 35.5 Å². The van der Waals surface area contributed by atoms with Crippen LogP contribution in [0.15, 0.2) is 83.9 Å². The number of hydrogen-bond acceptors (Lipinski definition) is 2. The first-order valence-corrected chi connectivity index (χ1v) is 8.45. The van der Waals surface area contributed by atoms with Gasteiger partial charge in [-0.1, -0.05) is 66.2 Å². The molecule has 0 saturated heterocycles. The molecule has 0 bridgehead atoms. The van der Waals surface area contributed by atoms with Crippen molar-refractivity contribution in [2.45, 2.75) is 0 Å². The fourth-order valence-electron chi connectivity index (χ4n) is 2.42. The molecule has 3 rings (SSSR count). The van der Waals surface area contributed by atoms with Crippen molar-refractivity contribution in [1.82, 2.24) is 0 Å². The predicted molar refractivity (Wildman–Crippen MR) is 109 cm³/mol. The fraction of sp³-hybridized carbons (Fsp3) is 0. The number of nitrogens with two attached hydrogens (primary N) is 1. The average molecular weight is 361 g/mol. The molecule has 0 saturated carbocycles. The van der Waals surface area contributed by atoms with Crippen LogP contribution in [0.2, 0.25) is 5.02 Å². The molecule has 0 spiro atoms. The highest BCUT2D eigenvalue weighted by Crippen LogP contribution is 2.21. The Morgan fingerprint density at radius 3 is 1.88 bits per heavy atom. The Kier molecular flexibility index (Phi) is 5.62. The van der Waals surface area contributed by atoms with E-state index in [-0.39, 0.29) is 0 Å². The van der Waals surface area contributed by atoms with E-state index >= 15 is 0 Å². The predicted octanol–water partition coefficient (Wildman–Crippen LogP) is 5.52. The van der Waals surface area contributed by atoms with Gasteiger partial charge in [-0.25, -0.2) is 4.99 Å². The highest BCUT2D eigenvalue weighted by molar-refractivity contribution is 6.30. The van der Waals surface area contributed by atoms with E-state index in [0.29, 0.717) is 16.4 Å². The largest absolute Gasteiger partial charge is 0.384 e. The van der Waals surface area contributed by atoms with Crippen LogP contribution in [0.1, 0.15) is 15.9 Å². The van der Waals surface area contributed by atoms with Crippen LogP contribution in [-0.4, -0.2) is 12.1 Å². The number of aldehydes is 1. The van der Waals surface area contributed by atoms with E-state index in [1.165, 1.54) is 0 Å². The minimum Gasteiger partial charge on any atom is -0.384 e. The SMILES string of the molecule is NC(C=Cc1ccc(-c2ccc(C=O)cc2)cc1)=Nc1ccc(Cl)cc1. The lowest BCUT2D eigenvalue weighted by Gasteiger charge is -2.03. The minimum absolute atomic E-state index is 0.417. The number of nitrogens with zero attached hydrogens (tertiary/aromatic N) is 1. The number of carbonyl (C=O) groups excluding carboxylic acids is 1. The summed E-state index contributed by atoms with van der Waals surface area (Å²) in [5.74, 6) is 0.417. The van der Waals surface area contributed by atoms with Crippen LogP contribution in [0.5, 0.6) is 0 Å². The van der Waals surface area contributed by atoms with Gasteiger partial charge in [0.2, 0.25) is 0 Å². The van der Waals surface area contributed by atoms with Crippen LogP contribution in [0.25, 0.3) is 17.2 Å². The van der Waals surface area contributed by atoms with Crippen molar-refractivity contribution in [3.63, 3.8) is 0 Å². The zero-order chi connectivity index (χ0) is 18.4. The van der Waals surface area contributed by atoms with Crippen LogP contribution in [-0.2, 0) is 0 Å². The number of aliphatic imine (C=N–C) groups is 1. The van der Waals surface area contributed by atoms with Gasteiger partial charge in [-0.2, -0.15) is 0 Å². The summed E-state index contributed by atoms with van der Waals surface area (Å²) in [7, 11) is 0. The lowest BCUT2D eigenvalue weighted by atomic mass is 10.0. The van der Waals surface area contributed by atoms with Crippen LogP contribution in [0.3, 0.4) is 0 Å². The Balaban J connectivity index is 1.70. The third-order valence-electron chi connectivity index (χ3n) is 3.82. The maximum absolute atomic E-state index is 10.7. The van der Waals surface area contributed by atoms with Gasteiger partial charge in [-0.3, -0.25) is 4.79 Å². The molecule has 128 valence electrons. The van der Waals surface area contributed by atoms with E-state index in [1.54, 1.807) is 18.2 Å². The minimum atomic E-state index is 0.417. The molecule has 0 atom stereocenters. The molecule has 0 amide bonds. The number of hydrogen-bond donors (Lipinski definition) is 1. The second kappa shape index (κ2) is 8.28. The van der Waals surface area contributed by atoms with Gasteiger partial charge >= 0.3 is 0 Å². The van der Waals surface area contributed by atoms with Crippen LogP contribution < -0.4 is 5.73 Å². The Hall–Kier alpha value is -3.17. The van der Waals surface area contributed by atoms with Crippen molar-refractivity contribution in [2.24, 2.45) is 10.7 Å². The Morgan fingerprint density at radius 2 is 1.35 bits per heavy atom. The summed E-state index contributed by atoms with van der Waals surface area (Å²) < 4.78 is 0. The first kappa shape index (κ1) is 17.6. The number of rotatable bonds is 5. The second-order valence-corrected chi connectivity index (χ2v) is 6.14. The number of amidine groups is 1. The summed E-state index contributed by atoms with van der Waals surface area (Å²) in [6.07, 6.45) is 4.52. The monoisotopic (exact) mass is 360 g/mol. The van der Waals surface area contributed by atoms with Gasteiger partial charge in [-0.15, -0.1) is 0 Å². The summed E-state index contributed by atoms with van der Waals surface area (Å²) in [6.45, 7) is 0. The fourth-order valence-corrected chi connectivity index (χ4v) is 2.55. The molecular weight excluding hydrogens is 344 g/mol. The van der Waals surface area contributed by atoms with Gasteiger partial charge in [0.1, 0.15) is 12.1 Å². The molecule has 0 unspecified atom stereocenters. The van der Waals surface area contributed by atoms with E-state index in [0.717, 1.165) is 28.7 Å². The third-order valence-corrected chi connectivity index (χ3v) is 4.07. The summed E-state index contributed by atoms with van der Waals surface area (Å²) in [5, 5.41) is 0.666. The molecule has 0 fully saturated rings. The van der Waals surface area contributed by atoms with Crippen molar-refractivity contribution in [3.05, 3.63) is 95.0 Å². The molecule has 0 heterocycles. The molecular formula is C22H17ClN2O. The molecule has 3 aromatic carbocycles. The zero-order valence-corrected chi connectivity index (χ0v) is 14.7. The molecule has 2 N–H and O–H groups in total. The molecule has 0 aromatic heterocycles. The number of benzene rings is 3. The van der Waals surface area contributed by atoms with Crippen LogP contribution >= 0.6 is 11.6 Å². The van der Waals surface area contributed by atoms with E-state index in [4.69, 9.17) is 17.3 Å². The summed E-state index contributed by atoms with van der Waals surface area (Å²) in [5.41, 5.74) is 10.5. The van der Waals surface area contributed by atoms with Crippen molar-refractivity contribution in [1.29, 1.82) is 0 Å². The van der Waals surface area contributed by atoms with Crippen molar-refractivity contribution in [3.8, 4) is 11.1 Å². The molecule has 3 aromatic rings. The summed E-state index contributed by atoms with van der Waals surface area (Å²) in [4.78, 5) is 15.0. The van der Waals surface area contributed by atoms with E-state index in [9.17, 15) is 4.79 Å². The number of carbonyl (C=O) groups is 1. The zero-order valence-electron chi connectivity index (χ0n) is 14.0. The van der Waals surface area contributed by atoms with Crippen LogP contribution in [0.4, 0.5) is 5.69 Å². The first-order valence-electron chi connectivity index (χ1n) is 8.07. The van der Waals surface area contributed by atoms with Gasteiger partial charge < -0.3 is 5.73 Å². The van der Waals surface area contributed by atoms with E-state index in [1.807, 2.05) is 66.7 Å². The van der Waals surface area contributed by atoms with Gasteiger partial charge in [0.05, 0.1) is 5.69 Å². The standard InChI is InChI=1S/C22H17ClN2O/c23-20-10-12-21(13-11-20)25-22(24)14-5-16-1-6-18(7-2-16)19-8-3-17(15-26)4-9-19/h1-15H,(H2,24,25). The Bertz CT molecular complexity index is 941. The average Bonchev–Trinajstić information content (AvgIpc) is 2.69. The molecule has 0 radical (unpaired) electrons. The van der Waals surface area contributed by atoms with E-state index in [2.05, 4.69) is 4.99 Å².